The summed E-state index contributed by atoms with van der Waals surface area (Å²) in [7, 11) is 0. The molecule has 1 atom stereocenters. The molecule has 1 aromatic rings. The monoisotopic (exact) mass is 261 g/mol. The second-order valence-corrected chi connectivity index (χ2v) is 6.36. The Morgan fingerprint density at radius 1 is 1.26 bits per heavy atom. The molecule has 0 amide bonds. The van der Waals surface area contributed by atoms with Crippen molar-refractivity contribution in [1.29, 1.82) is 0 Å². The zero-order chi connectivity index (χ0) is 13.9. The summed E-state index contributed by atoms with van der Waals surface area (Å²) in [5.74, 6) is 0.629. The number of anilines is 1. The highest BCUT2D eigenvalue weighted by Crippen LogP contribution is 2.35. The Hall–Kier alpha value is -1.02. The molecular formula is C17H27NO. The van der Waals surface area contributed by atoms with Crippen LogP contribution >= 0.6 is 0 Å². The van der Waals surface area contributed by atoms with Gasteiger partial charge in [0, 0.05) is 24.4 Å². The number of hydrogen-bond donors (Lipinski definition) is 1. The molecule has 106 valence electrons. The van der Waals surface area contributed by atoms with Crippen molar-refractivity contribution in [1.82, 2.24) is 0 Å². The molecule has 0 spiro atoms. The third-order valence-electron chi connectivity index (χ3n) is 4.53. The Labute approximate surface area is 117 Å². The van der Waals surface area contributed by atoms with Crippen molar-refractivity contribution in [3.63, 3.8) is 0 Å². The van der Waals surface area contributed by atoms with Crippen LogP contribution in [0.1, 0.15) is 45.6 Å². The Morgan fingerprint density at radius 2 is 1.95 bits per heavy atom. The van der Waals surface area contributed by atoms with Gasteiger partial charge in [-0.05, 0) is 63.1 Å². The number of hydrogen-bond acceptors (Lipinski definition) is 2. The van der Waals surface area contributed by atoms with Crippen molar-refractivity contribution in [2.24, 2.45) is 5.92 Å². The van der Waals surface area contributed by atoms with E-state index in [2.05, 4.69) is 49.9 Å². The van der Waals surface area contributed by atoms with E-state index in [1.165, 1.54) is 24.1 Å². The fourth-order valence-electron chi connectivity index (χ4n) is 3.07. The normalized spacial score (nSPS) is 22.5. The van der Waals surface area contributed by atoms with E-state index in [4.69, 9.17) is 5.11 Å². The van der Waals surface area contributed by atoms with Crippen LogP contribution in [0.15, 0.2) is 24.3 Å². The maximum absolute atomic E-state index is 9.16. The number of aryl methyl sites for hydroxylation is 1. The third-order valence-corrected chi connectivity index (χ3v) is 4.53. The predicted molar refractivity (Wildman–Crippen MR) is 81.7 cm³/mol. The molecule has 0 aromatic heterocycles. The summed E-state index contributed by atoms with van der Waals surface area (Å²) in [5, 5.41) is 9.16. The molecule has 1 heterocycles. The van der Waals surface area contributed by atoms with Gasteiger partial charge >= 0.3 is 0 Å². The summed E-state index contributed by atoms with van der Waals surface area (Å²) in [5.41, 5.74) is 2.94. The summed E-state index contributed by atoms with van der Waals surface area (Å²) >= 11 is 0. The molecule has 0 saturated carbocycles. The first-order valence-corrected chi connectivity index (χ1v) is 7.54. The molecule has 1 aromatic carbocycles. The molecule has 1 unspecified atom stereocenters. The Balaban J connectivity index is 2.17. The van der Waals surface area contributed by atoms with Gasteiger partial charge in [-0.15, -0.1) is 0 Å². The lowest BCUT2D eigenvalue weighted by molar-refractivity contribution is 0.217. The van der Waals surface area contributed by atoms with Crippen LogP contribution in [0.2, 0.25) is 0 Å². The van der Waals surface area contributed by atoms with E-state index in [1.54, 1.807) is 0 Å². The predicted octanol–water partition coefficient (Wildman–Crippen LogP) is 3.63. The van der Waals surface area contributed by atoms with Crippen LogP contribution < -0.4 is 4.90 Å². The highest BCUT2D eigenvalue weighted by atomic mass is 16.3. The molecule has 2 rings (SSSR count). The van der Waals surface area contributed by atoms with Gasteiger partial charge in [-0.25, -0.2) is 0 Å². The summed E-state index contributed by atoms with van der Waals surface area (Å²) in [6, 6.07) is 8.98. The van der Waals surface area contributed by atoms with Gasteiger partial charge in [0.1, 0.15) is 0 Å². The lowest BCUT2D eigenvalue weighted by Crippen LogP contribution is -2.50. The lowest BCUT2D eigenvalue weighted by atomic mass is 9.83. The highest BCUT2D eigenvalue weighted by molar-refractivity contribution is 5.50. The molecule has 0 aliphatic carbocycles. The topological polar surface area (TPSA) is 23.5 Å². The van der Waals surface area contributed by atoms with E-state index in [0.29, 0.717) is 12.5 Å². The van der Waals surface area contributed by atoms with Crippen molar-refractivity contribution >= 4 is 5.69 Å². The van der Waals surface area contributed by atoms with Gasteiger partial charge in [0.15, 0.2) is 0 Å². The van der Waals surface area contributed by atoms with Crippen LogP contribution in [0.25, 0.3) is 0 Å². The minimum absolute atomic E-state index is 0.222. The van der Waals surface area contributed by atoms with Crippen LogP contribution in [-0.4, -0.2) is 23.8 Å². The third kappa shape index (κ3) is 3.30. The molecular weight excluding hydrogens is 234 g/mol. The van der Waals surface area contributed by atoms with Gasteiger partial charge < -0.3 is 10.0 Å². The van der Waals surface area contributed by atoms with E-state index >= 15 is 0 Å². The van der Waals surface area contributed by atoms with Crippen molar-refractivity contribution in [3.8, 4) is 0 Å². The molecule has 1 aliphatic rings. The number of rotatable bonds is 4. The zero-order valence-corrected chi connectivity index (χ0v) is 12.5. The minimum atomic E-state index is 0.222. The van der Waals surface area contributed by atoms with E-state index in [9.17, 15) is 0 Å². The Kier molecular flexibility index (Phi) is 4.51. The lowest BCUT2D eigenvalue weighted by Gasteiger charge is -2.47. The number of benzene rings is 1. The van der Waals surface area contributed by atoms with Gasteiger partial charge in [0.25, 0.3) is 0 Å². The second kappa shape index (κ2) is 5.96. The van der Waals surface area contributed by atoms with Gasteiger partial charge in [-0.3, -0.25) is 0 Å². The second-order valence-electron chi connectivity index (χ2n) is 6.36. The maximum atomic E-state index is 9.16. The smallest absolute Gasteiger partial charge is 0.0434 e. The summed E-state index contributed by atoms with van der Waals surface area (Å²) in [6.45, 7) is 8.23. The molecule has 2 nitrogen and oxygen atoms in total. The van der Waals surface area contributed by atoms with Crippen LogP contribution in [-0.2, 0) is 6.42 Å². The summed E-state index contributed by atoms with van der Waals surface area (Å²) in [6.07, 6.45) is 4.46. The van der Waals surface area contributed by atoms with Crippen LogP contribution in [0.5, 0.6) is 0 Å². The number of nitrogens with zero attached hydrogens (tertiary/aromatic N) is 1. The quantitative estimate of drug-likeness (QED) is 0.894. The van der Waals surface area contributed by atoms with Gasteiger partial charge in [-0.1, -0.05) is 19.1 Å². The SMILES string of the molecule is CCc1ccc(N2CC(CCO)CCC2(C)C)cc1. The number of piperidine rings is 1. The van der Waals surface area contributed by atoms with Gasteiger partial charge in [0.05, 0.1) is 0 Å². The van der Waals surface area contributed by atoms with E-state index in [1.807, 2.05) is 0 Å². The van der Waals surface area contributed by atoms with Crippen LogP contribution in [0, 0.1) is 5.92 Å². The molecule has 1 N–H and O–H groups in total. The standard InChI is InChI=1S/C17H27NO/c1-4-14-5-7-16(8-6-14)18-13-15(10-12-19)9-11-17(18,2)3/h5-8,15,19H,4,9-13H2,1-3H3. The molecule has 1 saturated heterocycles. The molecule has 1 fully saturated rings. The first-order valence-electron chi connectivity index (χ1n) is 7.54. The highest BCUT2D eigenvalue weighted by Gasteiger charge is 2.33. The van der Waals surface area contributed by atoms with Gasteiger partial charge in [-0.2, -0.15) is 0 Å². The summed E-state index contributed by atoms with van der Waals surface area (Å²) < 4.78 is 0. The van der Waals surface area contributed by atoms with Crippen molar-refractivity contribution in [2.45, 2.75) is 52.0 Å². The van der Waals surface area contributed by atoms with Crippen LogP contribution in [0.3, 0.4) is 0 Å². The van der Waals surface area contributed by atoms with Crippen molar-refractivity contribution in [3.05, 3.63) is 29.8 Å². The van der Waals surface area contributed by atoms with Crippen molar-refractivity contribution in [2.75, 3.05) is 18.1 Å². The average molecular weight is 261 g/mol. The first-order chi connectivity index (χ1) is 9.06. The van der Waals surface area contributed by atoms with E-state index in [0.717, 1.165) is 19.4 Å². The molecule has 1 aliphatic heterocycles. The van der Waals surface area contributed by atoms with E-state index in [-0.39, 0.29) is 5.54 Å². The molecule has 0 bridgehead atoms. The average Bonchev–Trinajstić information content (AvgIpc) is 2.41. The maximum Gasteiger partial charge on any atom is 0.0434 e. The minimum Gasteiger partial charge on any atom is -0.396 e. The number of aliphatic hydroxyl groups excluding tert-OH is 1. The van der Waals surface area contributed by atoms with Crippen molar-refractivity contribution < 1.29 is 5.11 Å². The first kappa shape index (κ1) is 14.4. The van der Waals surface area contributed by atoms with E-state index < -0.39 is 0 Å². The molecule has 2 heteroatoms. The Bertz CT molecular complexity index is 396. The molecule has 19 heavy (non-hydrogen) atoms. The fourth-order valence-corrected chi connectivity index (χ4v) is 3.07. The fraction of sp³-hybridized carbons (Fsp3) is 0.647. The zero-order valence-electron chi connectivity index (χ0n) is 12.5. The Morgan fingerprint density at radius 3 is 2.53 bits per heavy atom. The number of aliphatic hydroxyl groups is 1. The molecule has 0 radical (unpaired) electrons. The van der Waals surface area contributed by atoms with Gasteiger partial charge in [0.2, 0.25) is 0 Å². The largest absolute Gasteiger partial charge is 0.396 e. The summed E-state index contributed by atoms with van der Waals surface area (Å²) in [4.78, 5) is 2.52. The van der Waals surface area contributed by atoms with Crippen LogP contribution in [0.4, 0.5) is 5.69 Å².